The Kier molecular flexibility index (Phi) is 5.97. The molecule has 3 nitrogen and oxygen atoms in total. The number of carbonyl (C=O) groups excluding carboxylic acids is 1. The van der Waals surface area contributed by atoms with Crippen LogP contribution in [0.5, 0.6) is 0 Å². The van der Waals surface area contributed by atoms with Crippen LogP contribution in [0.15, 0.2) is 30.3 Å². The van der Waals surface area contributed by atoms with E-state index in [2.05, 4.69) is 0 Å². The lowest BCUT2D eigenvalue weighted by Crippen LogP contribution is -2.41. The van der Waals surface area contributed by atoms with Crippen molar-refractivity contribution in [3.63, 3.8) is 0 Å². The van der Waals surface area contributed by atoms with Crippen molar-refractivity contribution in [2.75, 3.05) is 14.1 Å². The van der Waals surface area contributed by atoms with Gasteiger partial charge in [0.15, 0.2) is 0 Å². The maximum atomic E-state index is 11.4. The van der Waals surface area contributed by atoms with Crippen molar-refractivity contribution in [3.05, 3.63) is 35.9 Å². The summed E-state index contributed by atoms with van der Waals surface area (Å²) in [6, 6.07) is 9.35. The average Bonchev–Trinajstić information content (AvgIpc) is 2.18. The number of carbonyl (C=O) groups is 1. The second-order valence-electron chi connectivity index (χ2n) is 3.53. The molecular formula is C11H17ClN2O. The van der Waals surface area contributed by atoms with Gasteiger partial charge in [-0.1, -0.05) is 30.3 Å². The van der Waals surface area contributed by atoms with Crippen LogP contribution < -0.4 is 5.73 Å². The van der Waals surface area contributed by atoms with Crippen molar-refractivity contribution in [3.8, 4) is 0 Å². The van der Waals surface area contributed by atoms with Crippen LogP contribution in [-0.2, 0) is 11.2 Å². The van der Waals surface area contributed by atoms with Crippen molar-refractivity contribution in [1.82, 2.24) is 4.90 Å². The minimum Gasteiger partial charge on any atom is -0.347 e. The summed E-state index contributed by atoms with van der Waals surface area (Å²) in [7, 11) is 3.43. The van der Waals surface area contributed by atoms with Crippen molar-refractivity contribution in [2.24, 2.45) is 5.73 Å². The van der Waals surface area contributed by atoms with Gasteiger partial charge in [-0.05, 0) is 12.0 Å². The van der Waals surface area contributed by atoms with E-state index in [1.54, 1.807) is 14.1 Å². The largest absolute Gasteiger partial charge is 0.347 e. The Morgan fingerprint density at radius 1 is 1.33 bits per heavy atom. The van der Waals surface area contributed by atoms with Crippen LogP contribution in [0.2, 0.25) is 0 Å². The smallest absolute Gasteiger partial charge is 0.239 e. The molecule has 1 rings (SSSR count). The highest BCUT2D eigenvalue weighted by molar-refractivity contribution is 5.85. The summed E-state index contributed by atoms with van der Waals surface area (Å²) < 4.78 is 0. The normalized spacial score (nSPS) is 11.4. The first kappa shape index (κ1) is 13.9. The number of nitrogens with zero attached hydrogens (tertiary/aromatic N) is 1. The fraction of sp³-hybridized carbons (Fsp3) is 0.364. The molecule has 1 atom stereocenters. The van der Waals surface area contributed by atoms with Gasteiger partial charge in [-0.3, -0.25) is 4.79 Å². The van der Waals surface area contributed by atoms with Gasteiger partial charge < -0.3 is 10.6 Å². The van der Waals surface area contributed by atoms with E-state index >= 15 is 0 Å². The molecule has 0 fully saturated rings. The summed E-state index contributed by atoms with van der Waals surface area (Å²) in [5, 5.41) is 0. The molecule has 0 saturated heterocycles. The van der Waals surface area contributed by atoms with Crippen LogP contribution >= 0.6 is 12.4 Å². The lowest BCUT2D eigenvalue weighted by molar-refractivity contribution is -0.130. The SMILES string of the molecule is CN(C)C(=O)[C@H](N)Cc1ccccc1.Cl. The summed E-state index contributed by atoms with van der Waals surface area (Å²) >= 11 is 0. The van der Waals surface area contributed by atoms with Crippen LogP contribution in [0, 0.1) is 0 Å². The van der Waals surface area contributed by atoms with E-state index in [9.17, 15) is 4.79 Å². The molecule has 0 saturated carbocycles. The minimum absolute atomic E-state index is 0. The first-order valence-electron chi connectivity index (χ1n) is 4.62. The zero-order valence-corrected chi connectivity index (χ0v) is 9.83. The zero-order chi connectivity index (χ0) is 10.6. The van der Waals surface area contributed by atoms with Gasteiger partial charge in [-0.25, -0.2) is 0 Å². The predicted molar refractivity (Wildman–Crippen MR) is 64.1 cm³/mol. The molecule has 84 valence electrons. The van der Waals surface area contributed by atoms with Gasteiger partial charge in [0.2, 0.25) is 5.91 Å². The molecule has 1 aromatic carbocycles. The lowest BCUT2D eigenvalue weighted by atomic mass is 10.1. The topological polar surface area (TPSA) is 46.3 Å². The lowest BCUT2D eigenvalue weighted by Gasteiger charge is -2.16. The number of halogens is 1. The molecule has 2 N–H and O–H groups in total. The van der Waals surface area contributed by atoms with E-state index in [0.717, 1.165) is 5.56 Å². The molecule has 0 aliphatic heterocycles. The molecule has 15 heavy (non-hydrogen) atoms. The summed E-state index contributed by atoms with van der Waals surface area (Å²) in [6.45, 7) is 0. The Hall–Kier alpha value is -1.06. The van der Waals surface area contributed by atoms with E-state index < -0.39 is 6.04 Å². The Morgan fingerprint density at radius 3 is 2.33 bits per heavy atom. The molecule has 1 aromatic rings. The highest BCUT2D eigenvalue weighted by atomic mass is 35.5. The van der Waals surface area contributed by atoms with E-state index in [4.69, 9.17) is 5.73 Å². The van der Waals surface area contributed by atoms with Crippen LogP contribution in [-0.4, -0.2) is 30.9 Å². The summed E-state index contributed by atoms with van der Waals surface area (Å²) in [5.74, 6) is -0.0335. The molecule has 1 amide bonds. The van der Waals surface area contributed by atoms with Crippen LogP contribution in [0.1, 0.15) is 5.56 Å². The molecular weight excluding hydrogens is 212 g/mol. The third-order valence-corrected chi connectivity index (χ3v) is 2.06. The fourth-order valence-electron chi connectivity index (χ4n) is 1.29. The number of benzene rings is 1. The number of rotatable bonds is 3. The third-order valence-electron chi connectivity index (χ3n) is 2.06. The number of hydrogen-bond donors (Lipinski definition) is 1. The minimum atomic E-state index is -0.438. The van der Waals surface area contributed by atoms with Gasteiger partial charge in [-0.2, -0.15) is 0 Å². The monoisotopic (exact) mass is 228 g/mol. The molecule has 0 radical (unpaired) electrons. The Bertz CT molecular complexity index is 301. The van der Waals surface area contributed by atoms with Gasteiger partial charge in [0, 0.05) is 14.1 Å². The van der Waals surface area contributed by atoms with E-state index in [1.165, 1.54) is 4.90 Å². The highest BCUT2D eigenvalue weighted by Gasteiger charge is 2.15. The average molecular weight is 229 g/mol. The van der Waals surface area contributed by atoms with Crippen LogP contribution in [0.4, 0.5) is 0 Å². The Morgan fingerprint density at radius 2 is 1.87 bits per heavy atom. The third kappa shape index (κ3) is 4.32. The summed E-state index contributed by atoms with van der Waals surface area (Å²) in [5.41, 5.74) is 6.85. The molecule has 0 bridgehead atoms. The molecule has 0 aliphatic rings. The van der Waals surface area contributed by atoms with Gasteiger partial charge in [0.05, 0.1) is 6.04 Å². The van der Waals surface area contributed by atoms with Gasteiger partial charge in [0.25, 0.3) is 0 Å². The van der Waals surface area contributed by atoms with Crippen LogP contribution in [0.25, 0.3) is 0 Å². The summed E-state index contributed by atoms with van der Waals surface area (Å²) in [6.07, 6.45) is 0.595. The maximum absolute atomic E-state index is 11.4. The van der Waals surface area contributed by atoms with Crippen molar-refractivity contribution in [1.29, 1.82) is 0 Å². The van der Waals surface area contributed by atoms with Gasteiger partial charge in [-0.15, -0.1) is 12.4 Å². The molecule has 4 heteroatoms. The Labute approximate surface area is 96.7 Å². The fourth-order valence-corrected chi connectivity index (χ4v) is 1.29. The number of hydrogen-bond acceptors (Lipinski definition) is 2. The van der Waals surface area contributed by atoms with E-state index in [-0.39, 0.29) is 18.3 Å². The van der Waals surface area contributed by atoms with Crippen molar-refractivity contribution >= 4 is 18.3 Å². The second-order valence-corrected chi connectivity index (χ2v) is 3.53. The second kappa shape index (κ2) is 6.43. The molecule has 0 aromatic heterocycles. The number of likely N-dealkylation sites (N-methyl/N-ethyl adjacent to an activating group) is 1. The van der Waals surface area contributed by atoms with Gasteiger partial charge in [0.1, 0.15) is 0 Å². The number of nitrogens with two attached hydrogens (primary N) is 1. The molecule has 0 spiro atoms. The van der Waals surface area contributed by atoms with E-state index in [1.807, 2.05) is 30.3 Å². The Balaban J connectivity index is 0.00000196. The first-order valence-corrected chi connectivity index (χ1v) is 4.62. The summed E-state index contributed by atoms with van der Waals surface area (Å²) in [4.78, 5) is 13.0. The standard InChI is InChI=1S/C11H16N2O.ClH/c1-13(2)11(14)10(12)8-9-6-4-3-5-7-9;/h3-7,10H,8,12H2,1-2H3;1H/t10-;/m1./s1. The predicted octanol–water partition coefficient (Wildman–Crippen LogP) is 1.07. The first-order chi connectivity index (χ1) is 6.61. The molecule has 0 aliphatic carbocycles. The maximum Gasteiger partial charge on any atom is 0.239 e. The quantitative estimate of drug-likeness (QED) is 0.841. The molecule has 0 heterocycles. The zero-order valence-electron chi connectivity index (χ0n) is 9.01. The van der Waals surface area contributed by atoms with Crippen molar-refractivity contribution < 1.29 is 4.79 Å². The highest BCUT2D eigenvalue weighted by Crippen LogP contribution is 2.02. The van der Waals surface area contributed by atoms with E-state index in [0.29, 0.717) is 6.42 Å². The van der Waals surface area contributed by atoms with Crippen molar-refractivity contribution in [2.45, 2.75) is 12.5 Å². The van der Waals surface area contributed by atoms with Gasteiger partial charge >= 0.3 is 0 Å². The van der Waals surface area contributed by atoms with Crippen LogP contribution in [0.3, 0.4) is 0 Å². The number of amides is 1. The molecule has 0 unspecified atom stereocenters.